The van der Waals surface area contributed by atoms with Crippen LogP contribution in [0.25, 0.3) is 10.6 Å². The number of thiophene rings is 1. The maximum atomic E-state index is 5.02. The fourth-order valence-electron chi connectivity index (χ4n) is 0.912. The van der Waals surface area contributed by atoms with Gasteiger partial charge < -0.3 is 4.74 Å². The number of hydrogen-bond acceptors (Lipinski definition) is 4. The number of aromatic nitrogens is 1. The highest BCUT2D eigenvalue weighted by Gasteiger charge is 2.06. The Hall–Kier alpha value is -0.390. The number of methoxy groups -OCH3 is 1. The SMILES string of the molecule is COc1nc(-c2cc(Br)cs2)cs1. The van der Waals surface area contributed by atoms with E-state index in [2.05, 4.69) is 27.0 Å². The smallest absolute Gasteiger partial charge is 0.273 e. The molecule has 0 atom stereocenters. The molecule has 2 aromatic heterocycles. The second kappa shape index (κ2) is 3.77. The lowest BCUT2D eigenvalue weighted by Gasteiger charge is -1.88. The van der Waals surface area contributed by atoms with Gasteiger partial charge in [0.1, 0.15) is 0 Å². The molecule has 0 unspecified atom stereocenters. The van der Waals surface area contributed by atoms with E-state index >= 15 is 0 Å². The van der Waals surface area contributed by atoms with Gasteiger partial charge in [-0.3, -0.25) is 0 Å². The molecule has 0 spiro atoms. The fourth-order valence-corrected chi connectivity index (χ4v) is 3.01. The average molecular weight is 276 g/mol. The molecule has 0 fully saturated rings. The summed E-state index contributed by atoms with van der Waals surface area (Å²) in [5.74, 6) is 0. The maximum absolute atomic E-state index is 5.02. The minimum atomic E-state index is 0.708. The first kappa shape index (κ1) is 9.18. The standard InChI is InChI=1S/C8H6BrNOS2/c1-11-8-10-6(4-13-8)7-2-5(9)3-12-7/h2-4H,1H3. The molecule has 2 aromatic rings. The zero-order valence-corrected chi connectivity index (χ0v) is 10.0. The minimum Gasteiger partial charge on any atom is -0.473 e. The molecule has 2 heterocycles. The second-order valence-electron chi connectivity index (χ2n) is 2.33. The van der Waals surface area contributed by atoms with Gasteiger partial charge in [-0.1, -0.05) is 11.3 Å². The Kier molecular flexibility index (Phi) is 2.66. The van der Waals surface area contributed by atoms with Crippen LogP contribution in [0.3, 0.4) is 0 Å². The van der Waals surface area contributed by atoms with E-state index in [0.717, 1.165) is 15.0 Å². The highest BCUT2D eigenvalue weighted by Crippen LogP contribution is 2.32. The van der Waals surface area contributed by atoms with Crippen molar-refractivity contribution in [3.05, 3.63) is 21.3 Å². The topological polar surface area (TPSA) is 22.1 Å². The van der Waals surface area contributed by atoms with Crippen molar-refractivity contribution in [2.24, 2.45) is 0 Å². The molecule has 2 rings (SSSR count). The summed E-state index contributed by atoms with van der Waals surface area (Å²) in [6, 6.07) is 2.05. The largest absolute Gasteiger partial charge is 0.473 e. The van der Waals surface area contributed by atoms with E-state index in [9.17, 15) is 0 Å². The van der Waals surface area contributed by atoms with Crippen LogP contribution < -0.4 is 4.74 Å². The lowest BCUT2D eigenvalue weighted by molar-refractivity contribution is 0.412. The first-order valence-corrected chi connectivity index (χ1v) is 6.09. The Balaban J connectivity index is 2.35. The van der Waals surface area contributed by atoms with Gasteiger partial charge in [-0.25, -0.2) is 4.98 Å². The number of rotatable bonds is 2. The van der Waals surface area contributed by atoms with Crippen LogP contribution >= 0.6 is 38.6 Å². The molecule has 0 amide bonds. The van der Waals surface area contributed by atoms with E-state index in [1.54, 1.807) is 18.4 Å². The molecule has 5 heteroatoms. The van der Waals surface area contributed by atoms with Crippen molar-refractivity contribution < 1.29 is 4.74 Å². The lowest BCUT2D eigenvalue weighted by Crippen LogP contribution is -1.79. The van der Waals surface area contributed by atoms with Crippen molar-refractivity contribution in [1.29, 1.82) is 0 Å². The second-order valence-corrected chi connectivity index (χ2v) is 4.98. The van der Waals surface area contributed by atoms with Crippen molar-refractivity contribution in [2.45, 2.75) is 0 Å². The molecule has 68 valence electrons. The third-order valence-corrected chi connectivity index (χ3v) is 3.99. The number of halogens is 1. The van der Waals surface area contributed by atoms with E-state index in [1.165, 1.54) is 11.3 Å². The zero-order chi connectivity index (χ0) is 9.26. The molecule has 0 bridgehead atoms. The predicted octanol–water partition coefficient (Wildman–Crippen LogP) is 3.64. The van der Waals surface area contributed by atoms with Gasteiger partial charge in [-0.2, -0.15) is 0 Å². The normalized spacial score (nSPS) is 10.3. The molecule has 0 aliphatic heterocycles. The summed E-state index contributed by atoms with van der Waals surface area (Å²) in [5.41, 5.74) is 0.984. The van der Waals surface area contributed by atoms with E-state index in [-0.39, 0.29) is 0 Å². The van der Waals surface area contributed by atoms with Crippen LogP contribution in [-0.2, 0) is 0 Å². The molecule has 2 nitrogen and oxygen atoms in total. The van der Waals surface area contributed by atoms with Crippen LogP contribution in [0.1, 0.15) is 0 Å². The Bertz CT molecular complexity index is 410. The number of ether oxygens (including phenoxy) is 1. The third kappa shape index (κ3) is 1.92. The Morgan fingerprint density at radius 2 is 2.23 bits per heavy atom. The van der Waals surface area contributed by atoms with Crippen LogP contribution in [0.15, 0.2) is 21.3 Å². The number of hydrogen-bond donors (Lipinski definition) is 0. The molecular weight excluding hydrogens is 270 g/mol. The highest BCUT2D eigenvalue weighted by molar-refractivity contribution is 9.10. The summed E-state index contributed by atoms with van der Waals surface area (Å²) >= 11 is 6.59. The van der Waals surface area contributed by atoms with Gasteiger partial charge in [0, 0.05) is 15.2 Å². The lowest BCUT2D eigenvalue weighted by atomic mass is 10.4. The van der Waals surface area contributed by atoms with Crippen LogP contribution in [0.5, 0.6) is 5.19 Å². The fraction of sp³-hybridized carbons (Fsp3) is 0.125. The highest BCUT2D eigenvalue weighted by atomic mass is 79.9. The monoisotopic (exact) mass is 275 g/mol. The average Bonchev–Trinajstić information content (AvgIpc) is 2.71. The van der Waals surface area contributed by atoms with Gasteiger partial charge in [-0.15, -0.1) is 11.3 Å². The van der Waals surface area contributed by atoms with Crippen LogP contribution in [0, 0.1) is 0 Å². The predicted molar refractivity (Wildman–Crippen MR) is 59.7 cm³/mol. The Labute approximate surface area is 92.3 Å². The van der Waals surface area contributed by atoms with E-state index in [4.69, 9.17) is 4.74 Å². The van der Waals surface area contributed by atoms with Gasteiger partial charge in [-0.05, 0) is 22.0 Å². The molecule has 0 saturated carbocycles. The summed E-state index contributed by atoms with van der Waals surface area (Å²) in [7, 11) is 1.63. The van der Waals surface area contributed by atoms with Gasteiger partial charge in [0.05, 0.1) is 17.7 Å². The van der Waals surface area contributed by atoms with Crippen molar-refractivity contribution in [3.63, 3.8) is 0 Å². The van der Waals surface area contributed by atoms with Gasteiger partial charge >= 0.3 is 0 Å². The molecule has 0 aromatic carbocycles. The maximum Gasteiger partial charge on any atom is 0.273 e. The summed E-state index contributed by atoms with van der Waals surface area (Å²) < 4.78 is 6.12. The molecule has 0 aliphatic carbocycles. The van der Waals surface area contributed by atoms with E-state index < -0.39 is 0 Å². The molecule has 0 aliphatic rings. The molecular formula is C8H6BrNOS2. The minimum absolute atomic E-state index is 0.708. The van der Waals surface area contributed by atoms with Crippen molar-refractivity contribution in [2.75, 3.05) is 7.11 Å². The van der Waals surface area contributed by atoms with Gasteiger partial charge in [0.2, 0.25) is 0 Å². The molecule has 13 heavy (non-hydrogen) atoms. The summed E-state index contributed by atoms with van der Waals surface area (Å²) in [5, 5.41) is 4.75. The van der Waals surface area contributed by atoms with Crippen molar-refractivity contribution >= 4 is 38.6 Å². The van der Waals surface area contributed by atoms with Crippen molar-refractivity contribution in [1.82, 2.24) is 4.98 Å². The Morgan fingerprint density at radius 3 is 2.77 bits per heavy atom. The molecule has 0 radical (unpaired) electrons. The van der Waals surface area contributed by atoms with Crippen LogP contribution in [-0.4, -0.2) is 12.1 Å². The summed E-state index contributed by atoms with van der Waals surface area (Å²) in [6.45, 7) is 0. The first-order valence-electron chi connectivity index (χ1n) is 3.53. The summed E-state index contributed by atoms with van der Waals surface area (Å²) in [6.07, 6.45) is 0. The summed E-state index contributed by atoms with van der Waals surface area (Å²) in [4.78, 5) is 5.46. The van der Waals surface area contributed by atoms with Crippen LogP contribution in [0.4, 0.5) is 0 Å². The van der Waals surface area contributed by atoms with E-state index in [0.29, 0.717) is 5.19 Å². The quantitative estimate of drug-likeness (QED) is 0.835. The van der Waals surface area contributed by atoms with Crippen LogP contribution in [0.2, 0.25) is 0 Å². The van der Waals surface area contributed by atoms with Gasteiger partial charge in [0.15, 0.2) is 0 Å². The van der Waals surface area contributed by atoms with Gasteiger partial charge in [0.25, 0.3) is 5.19 Å². The van der Waals surface area contributed by atoms with Crippen molar-refractivity contribution in [3.8, 4) is 15.8 Å². The number of nitrogens with zero attached hydrogens (tertiary/aromatic N) is 1. The first-order chi connectivity index (χ1) is 6.29. The molecule has 0 saturated heterocycles. The van der Waals surface area contributed by atoms with E-state index in [1.807, 2.05) is 10.8 Å². The number of thiazole rings is 1. The molecule has 0 N–H and O–H groups in total. The third-order valence-electron chi connectivity index (χ3n) is 1.48. The Morgan fingerprint density at radius 1 is 1.38 bits per heavy atom. The zero-order valence-electron chi connectivity index (χ0n) is 6.78.